The van der Waals surface area contributed by atoms with Crippen LogP contribution in [0.1, 0.15) is 25.6 Å². The smallest absolute Gasteiger partial charge is 0.422 e. The SMILES string of the molecule is CC(C)C(c1ccc2cc(OCC(F)(F)F)ccc2n1)N(N)/C=C\N. The number of hydrazine groups is 1. The molecule has 2 aromatic rings. The van der Waals surface area contributed by atoms with Gasteiger partial charge in [-0.1, -0.05) is 19.9 Å². The van der Waals surface area contributed by atoms with Crippen LogP contribution in [0.4, 0.5) is 13.2 Å². The van der Waals surface area contributed by atoms with Crippen LogP contribution in [-0.2, 0) is 0 Å². The van der Waals surface area contributed by atoms with E-state index >= 15 is 0 Å². The van der Waals surface area contributed by atoms with Gasteiger partial charge >= 0.3 is 6.18 Å². The van der Waals surface area contributed by atoms with Crippen LogP contribution in [0.15, 0.2) is 42.7 Å². The fourth-order valence-corrected chi connectivity index (χ4v) is 2.57. The summed E-state index contributed by atoms with van der Waals surface area (Å²) in [5, 5.41) is 2.17. The minimum Gasteiger partial charge on any atom is -0.484 e. The molecule has 0 amide bonds. The van der Waals surface area contributed by atoms with Crippen LogP contribution in [0, 0.1) is 5.92 Å². The Labute approximate surface area is 144 Å². The molecule has 0 radical (unpaired) electrons. The molecule has 25 heavy (non-hydrogen) atoms. The zero-order chi connectivity index (χ0) is 18.6. The van der Waals surface area contributed by atoms with Crippen molar-refractivity contribution in [3.8, 4) is 5.75 Å². The summed E-state index contributed by atoms with van der Waals surface area (Å²) in [6.45, 7) is 2.69. The average Bonchev–Trinajstić information content (AvgIpc) is 2.52. The summed E-state index contributed by atoms with van der Waals surface area (Å²) < 4.78 is 41.5. The second-order valence-electron chi connectivity index (χ2n) is 5.97. The Hall–Kier alpha value is -2.48. The molecule has 1 heterocycles. The van der Waals surface area contributed by atoms with E-state index in [9.17, 15) is 13.2 Å². The molecule has 1 unspecified atom stereocenters. The number of rotatable bonds is 6. The number of aromatic nitrogens is 1. The number of pyridine rings is 1. The highest BCUT2D eigenvalue weighted by molar-refractivity contribution is 5.80. The first-order valence-corrected chi connectivity index (χ1v) is 7.73. The van der Waals surface area contributed by atoms with Crippen LogP contribution in [0.3, 0.4) is 0 Å². The molecule has 1 aromatic heterocycles. The summed E-state index contributed by atoms with van der Waals surface area (Å²) in [4.78, 5) is 4.58. The molecule has 1 aromatic carbocycles. The number of halogens is 3. The zero-order valence-electron chi connectivity index (χ0n) is 14.0. The number of alkyl halides is 3. The van der Waals surface area contributed by atoms with Crippen molar-refractivity contribution >= 4 is 10.9 Å². The Balaban J connectivity index is 2.30. The van der Waals surface area contributed by atoms with Crippen molar-refractivity contribution in [2.24, 2.45) is 17.5 Å². The fourth-order valence-electron chi connectivity index (χ4n) is 2.57. The topological polar surface area (TPSA) is 77.4 Å². The molecule has 0 spiro atoms. The minimum atomic E-state index is -4.37. The Kier molecular flexibility index (Phi) is 5.73. The summed E-state index contributed by atoms with van der Waals surface area (Å²) in [5.41, 5.74) is 6.78. The lowest BCUT2D eigenvalue weighted by molar-refractivity contribution is -0.153. The Morgan fingerprint density at radius 1 is 1.24 bits per heavy atom. The lowest BCUT2D eigenvalue weighted by Crippen LogP contribution is -2.34. The van der Waals surface area contributed by atoms with Crippen LogP contribution in [0.2, 0.25) is 0 Å². The van der Waals surface area contributed by atoms with E-state index in [1.807, 2.05) is 13.8 Å². The van der Waals surface area contributed by atoms with Gasteiger partial charge in [0.05, 0.1) is 17.3 Å². The van der Waals surface area contributed by atoms with Gasteiger partial charge in [-0.3, -0.25) is 4.98 Å². The molecule has 136 valence electrons. The van der Waals surface area contributed by atoms with Crippen molar-refractivity contribution in [2.45, 2.75) is 26.1 Å². The normalized spacial score (nSPS) is 13.6. The third-order valence-electron chi connectivity index (χ3n) is 3.60. The molecular weight excluding hydrogens is 333 g/mol. The maximum absolute atomic E-state index is 12.2. The standard InChI is InChI=1S/C17H21F3N4O/c1-11(2)16(24(22)8-7-21)15-5-3-12-9-13(4-6-14(12)23-15)25-10-17(18,19)20/h3-9,11,16H,10,21-22H2,1-2H3/b8-7-. The molecule has 5 nitrogen and oxygen atoms in total. The average molecular weight is 354 g/mol. The molecule has 0 saturated carbocycles. The van der Waals surface area contributed by atoms with E-state index in [-0.39, 0.29) is 17.7 Å². The molecule has 0 bridgehead atoms. The first-order valence-electron chi connectivity index (χ1n) is 7.73. The van der Waals surface area contributed by atoms with Crippen LogP contribution in [0.5, 0.6) is 5.75 Å². The number of nitrogens with zero attached hydrogens (tertiary/aromatic N) is 2. The maximum atomic E-state index is 12.2. The van der Waals surface area contributed by atoms with Crippen molar-refractivity contribution in [3.05, 3.63) is 48.4 Å². The van der Waals surface area contributed by atoms with E-state index in [2.05, 4.69) is 4.98 Å². The summed E-state index contributed by atoms with van der Waals surface area (Å²) in [7, 11) is 0. The van der Waals surface area contributed by atoms with Crippen molar-refractivity contribution in [3.63, 3.8) is 0 Å². The number of benzene rings is 1. The highest BCUT2D eigenvalue weighted by Gasteiger charge is 2.28. The molecule has 1 atom stereocenters. The highest BCUT2D eigenvalue weighted by Crippen LogP contribution is 2.28. The van der Waals surface area contributed by atoms with Gasteiger partial charge in [0.1, 0.15) is 5.75 Å². The number of hydrogen-bond donors (Lipinski definition) is 2. The number of nitrogens with two attached hydrogens (primary N) is 2. The molecular formula is C17H21F3N4O. The van der Waals surface area contributed by atoms with Crippen molar-refractivity contribution in [1.82, 2.24) is 9.99 Å². The third-order valence-corrected chi connectivity index (χ3v) is 3.60. The largest absolute Gasteiger partial charge is 0.484 e. The van der Waals surface area contributed by atoms with E-state index in [1.165, 1.54) is 23.3 Å². The van der Waals surface area contributed by atoms with E-state index in [4.69, 9.17) is 16.3 Å². The first kappa shape index (κ1) is 18.9. The molecule has 0 aliphatic carbocycles. The number of hydrogen-bond acceptors (Lipinski definition) is 5. The van der Waals surface area contributed by atoms with E-state index in [0.29, 0.717) is 10.9 Å². The van der Waals surface area contributed by atoms with Crippen LogP contribution < -0.4 is 16.3 Å². The van der Waals surface area contributed by atoms with Gasteiger partial charge < -0.3 is 15.5 Å². The highest BCUT2D eigenvalue weighted by atomic mass is 19.4. The molecule has 4 N–H and O–H groups in total. The van der Waals surface area contributed by atoms with Crippen LogP contribution in [-0.4, -0.2) is 22.8 Å². The molecule has 8 heteroatoms. The number of ether oxygens (including phenoxy) is 1. The Morgan fingerprint density at radius 3 is 2.56 bits per heavy atom. The zero-order valence-corrected chi connectivity index (χ0v) is 14.0. The third kappa shape index (κ3) is 4.99. The molecule has 0 aliphatic rings. The quantitative estimate of drug-likeness (QED) is 0.613. The predicted octanol–water partition coefficient (Wildman–Crippen LogP) is 3.48. The fraction of sp³-hybridized carbons (Fsp3) is 0.353. The first-order chi connectivity index (χ1) is 11.7. The molecule has 0 aliphatic heterocycles. The summed E-state index contributed by atoms with van der Waals surface area (Å²) in [6.07, 6.45) is -1.46. The minimum absolute atomic E-state index is 0.145. The van der Waals surface area contributed by atoms with Crippen LogP contribution >= 0.6 is 0 Å². The summed E-state index contributed by atoms with van der Waals surface area (Å²) >= 11 is 0. The summed E-state index contributed by atoms with van der Waals surface area (Å²) in [6, 6.07) is 8.02. The Bertz CT molecular complexity index is 746. The van der Waals surface area contributed by atoms with Gasteiger partial charge in [0.15, 0.2) is 6.61 Å². The second kappa shape index (κ2) is 7.60. The number of fused-ring (bicyclic) bond motifs is 1. The lowest BCUT2D eigenvalue weighted by Gasteiger charge is -2.29. The Morgan fingerprint density at radius 2 is 1.96 bits per heavy atom. The maximum Gasteiger partial charge on any atom is 0.422 e. The van der Waals surface area contributed by atoms with E-state index in [0.717, 1.165) is 5.69 Å². The van der Waals surface area contributed by atoms with Crippen molar-refractivity contribution < 1.29 is 17.9 Å². The molecule has 2 rings (SSSR count). The van der Waals surface area contributed by atoms with Crippen molar-refractivity contribution in [2.75, 3.05) is 6.61 Å². The second-order valence-corrected chi connectivity index (χ2v) is 5.97. The van der Waals surface area contributed by atoms with Gasteiger partial charge in [-0.05, 0) is 30.2 Å². The van der Waals surface area contributed by atoms with Gasteiger partial charge in [-0.25, -0.2) is 5.84 Å². The van der Waals surface area contributed by atoms with Gasteiger partial charge in [-0.2, -0.15) is 13.2 Å². The summed E-state index contributed by atoms with van der Waals surface area (Å²) in [5.74, 6) is 6.32. The predicted molar refractivity (Wildman–Crippen MR) is 90.2 cm³/mol. The molecule has 0 saturated heterocycles. The molecule has 0 fully saturated rings. The van der Waals surface area contributed by atoms with Gasteiger partial charge in [0, 0.05) is 17.8 Å². The van der Waals surface area contributed by atoms with Crippen LogP contribution in [0.25, 0.3) is 10.9 Å². The van der Waals surface area contributed by atoms with Gasteiger partial charge in [0.2, 0.25) is 0 Å². The van der Waals surface area contributed by atoms with Crippen molar-refractivity contribution in [1.29, 1.82) is 0 Å². The lowest BCUT2D eigenvalue weighted by atomic mass is 9.99. The van der Waals surface area contributed by atoms with Gasteiger partial charge in [-0.15, -0.1) is 0 Å². The van der Waals surface area contributed by atoms with E-state index in [1.54, 1.807) is 24.4 Å². The van der Waals surface area contributed by atoms with Gasteiger partial charge in [0.25, 0.3) is 0 Å². The monoisotopic (exact) mass is 354 g/mol. The van der Waals surface area contributed by atoms with E-state index < -0.39 is 12.8 Å².